The minimum atomic E-state index is -0.177. The van der Waals surface area contributed by atoms with Crippen molar-refractivity contribution >= 4 is 17.5 Å². The average Bonchev–Trinajstić information content (AvgIpc) is 2.72. The first-order valence-corrected chi connectivity index (χ1v) is 12.3. The maximum Gasteiger partial charge on any atom is 0.226 e. The number of hydrogen-bond acceptors (Lipinski definition) is 2. The van der Waals surface area contributed by atoms with E-state index in [4.69, 9.17) is 17.3 Å². The number of carbonyl (C=O) groups is 1. The molecule has 3 nitrogen and oxygen atoms in total. The lowest BCUT2D eigenvalue weighted by Gasteiger charge is -2.64. The molecule has 2 atom stereocenters. The Balaban J connectivity index is 1.42. The molecule has 29 heavy (non-hydrogen) atoms. The summed E-state index contributed by atoms with van der Waals surface area (Å²) in [5.74, 6) is 3.08. The van der Waals surface area contributed by atoms with Crippen LogP contribution in [-0.2, 0) is 10.2 Å². The molecule has 0 aliphatic heterocycles. The number of hydrogen-bond donors (Lipinski definition) is 2. The zero-order chi connectivity index (χ0) is 20.1. The SMILES string of the molecule is NC1CCC(NC(=O)C23CC4CC(c5ccccc5)(CC(C2)C4CCCl)C3)CC1. The van der Waals surface area contributed by atoms with Gasteiger partial charge in [-0.3, -0.25) is 4.79 Å². The van der Waals surface area contributed by atoms with Crippen LogP contribution in [0.15, 0.2) is 30.3 Å². The summed E-state index contributed by atoms with van der Waals surface area (Å²) in [5.41, 5.74) is 7.54. The second-order valence-electron chi connectivity index (χ2n) is 10.7. The minimum Gasteiger partial charge on any atom is -0.353 e. The van der Waals surface area contributed by atoms with E-state index in [0.29, 0.717) is 35.7 Å². The van der Waals surface area contributed by atoms with Crippen molar-refractivity contribution < 1.29 is 4.79 Å². The lowest BCUT2D eigenvalue weighted by atomic mass is 9.39. The molecule has 0 saturated heterocycles. The highest BCUT2D eigenvalue weighted by molar-refractivity contribution is 6.17. The van der Waals surface area contributed by atoms with Gasteiger partial charge >= 0.3 is 0 Å². The summed E-state index contributed by atoms with van der Waals surface area (Å²) in [6, 6.07) is 11.7. The van der Waals surface area contributed by atoms with Gasteiger partial charge in [-0.15, -0.1) is 11.6 Å². The molecule has 1 aromatic rings. The van der Waals surface area contributed by atoms with Gasteiger partial charge in [-0.1, -0.05) is 30.3 Å². The van der Waals surface area contributed by atoms with Crippen molar-refractivity contribution in [3.8, 4) is 0 Å². The molecule has 5 aliphatic carbocycles. The summed E-state index contributed by atoms with van der Waals surface area (Å²) in [4.78, 5) is 13.7. The Hall–Kier alpha value is -1.06. The van der Waals surface area contributed by atoms with Crippen LogP contribution in [0.5, 0.6) is 0 Å². The van der Waals surface area contributed by atoms with E-state index in [1.807, 2.05) is 0 Å². The van der Waals surface area contributed by atoms with Crippen LogP contribution in [0.1, 0.15) is 69.8 Å². The second-order valence-corrected chi connectivity index (χ2v) is 11.0. The molecule has 1 amide bonds. The predicted molar refractivity (Wildman–Crippen MR) is 118 cm³/mol. The molecule has 4 heteroatoms. The molecule has 3 N–H and O–H groups in total. The van der Waals surface area contributed by atoms with Gasteiger partial charge < -0.3 is 11.1 Å². The van der Waals surface area contributed by atoms with Crippen molar-refractivity contribution in [3.63, 3.8) is 0 Å². The van der Waals surface area contributed by atoms with Crippen LogP contribution < -0.4 is 11.1 Å². The fraction of sp³-hybridized carbons (Fsp3) is 0.720. The number of carbonyl (C=O) groups excluding carboxylic acids is 1. The highest BCUT2D eigenvalue weighted by Crippen LogP contribution is 2.68. The van der Waals surface area contributed by atoms with Crippen LogP contribution in [0, 0.1) is 23.2 Å². The van der Waals surface area contributed by atoms with Gasteiger partial charge in [-0.2, -0.15) is 0 Å². The molecule has 158 valence electrons. The Morgan fingerprint density at radius 1 is 1.03 bits per heavy atom. The third-order valence-corrected chi connectivity index (χ3v) is 9.14. The quantitative estimate of drug-likeness (QED) is 0.682. The number of nitrogens with one attached hydrogen (secondary N) is 1. The third kappa shape index (κ3) is 3.43. The minimum absolute atomic E-state index is 0.177. The molecule has 5 fully saturated rings. The van der Waals surface area contributed by atoms with Gasteiger partial charge in [0.05, 0.1) is 5.41 Å². The van der Waals surface area contributed by atoms with Crippen molar-refractivity contribution in [3.05, 3.63) is 35.9 Å². The number of rotatable bonds is 5. The van der Waals surface area contributed by atoms with E-state index in [-0.39, 0.29) is 10.8 Å². The van der Waals surface area contributed by atoms with Crippen molar-refractivity contribution in [2.24, 2.45) is 28.9 Å². The van der Waals surface area contributed by atoms with Gasteiger partial charge in [0.2, 0.25) is 5.91 Å². The van der Waals surface area contributed by atoms with Crippen molar-refractivity contribution in [2.45, 2.75) is 81.7 Å². The molecule has 2 unspecified atom stereocenters. The van der Waals surface area contributed by atoms with Crippen LogP contribution >= 0.6 is 11.6 Å². The topological polar surface area (TPSA) is 55.1 Å². The number of amides is 1. The molecule has 0 aromatic heterocycles. The van der Waals surface area contributed by atoms with Crippen LogP contribution in [0.2, 0.25) is 0 Å². The van der Waals surface area contributed by atoms with Gasteiger partial charge in [0, 0.05) is 18.0 Å². The van der Waals surface area contributed by atoms with Gasteiger partial charge in [-0.25, -0.2) is 0 Å². The molecule has 6 rings (SSSR count). The lowest BCUT2D eigenvalue weighted by Crippen LogP contribution is -2.62. The average molecular weight is 415 g/mol. The van der Waals surface area contributed by atoms with Crippen LogP contribution in [-0.4, -0.2) is 23.9 Å². The van der Waals surface area contributed by atoms with Crippen LogP contribution in [0.25, 0.3) is 0 Å². The Kier molecular flexibility index (Phi) is 5.19. The number of nitrogens with two attached hydrogens (primary N) is 1. The van der Waals surface area contributed by atoms with E-state index in [0.717, 1.165) is 57.2 Å². The summed E-state index contributed by atoms with van der Waals surface area (Å²) in [5, 5.41) is 3.49. The summed E-state index contributed by atoms with van der Waals surface area (Å²) in [6.45, 7) is 0. The largest absolute Gasteiger partial charge is 0.353 e. The molecular weight excluding hydrogens is 380 g/mol. The van der Waals surface area contributed by atoms with Gasteiger partial charge in [0.15, 0.2) is 0 Å². The Morgan fingerprint density at radius 3 is 2.31 bits per heavy atom. The molecule has 4 bridgehead atoms. The summed E-state index contributed by atoms with van der Waals surface area (Å²) in [6.07, 6.45) is 10.9. The highest BCUT2D eigenvalue weighted by Gasteiger charge is 2.63. The molecule has 0 spiro atoms. The van der Waals surface area contributed by atoms with E-state index in [9.17, 15) is 4.79 Å². The molecule has 5 saturated carbocycles. The fourth-order valence-electron chi connectivity index (χ4n) is 7.84. The Morgan fingerprint density at radius 2 is 1.69 bits per heavy atom. The predicted octanol–water partition coefficient (Wildman–Crippen LogP) is 4.77. The van der Waals surface area contributed by atoms with E-state index in [2.05, 4.69) is 35.6 Å². The second kappa shape index (κ2) is 7.57. The first kappa shape index (κ1) is 19.9. The number of halogens is 1. The fourth-order valence-corrected chi connectivity index (χ4v) is 8.09. The van der Waals surface area contributed by atoms with Gasteiger partial charge in [-0.05, 0) is 92.9 Å². The third-order valence-electron chi connectivity index (χ3n) is 8.92. The van der Waals surface area contributed by atoms with E-state index >= 15 is 0 Å². The molecule has 5 aliphatic rings. The maximum atomic E-state index is 13.7. The van der Waals surface area contributed by atoms with E-state index in [1.54, 1.807) is 0 Å². The van der Waals surface area contributed by atoms with Crippen LogP contribution in [0.4, 0.5) is 0 Å². The monoisotopic (exact) mass is 414 g/mol. The molecule has 0 heterocycles. The van der Waals surface area contributed by atoms with Crippen molar-refractivity contribution in [1.82, 2.24) is 5.32 Å². The summed E-state index contributed by atoms with van der Waals surface area (Å²) >= 11 is 6.19. The maximum absolute atomic E-state index is 13.7. The lowest BCUT2D eigenvalue weighted by molar-refractivity contribution is -0.158. The molecule has 0 radical (unpaired) electrons. The molecule has 1 aromatic carbocycles. The normalized spacial score (nSPS) is 43.3. The molecular formula is C25H35ClN2O. The number of alkyl halides is 1. The zero-order valence-electron chi connectivity index (χ0n) is 17.4. The van der Waals surface area contributed by atoms with Crippen LogP contribution in [0.3, 0.4) is 0 Å². The Bertz CT molecular complexity index is 726. The van der Waals surface area contributed by atoms with E-state index in [1.165, 1.54) is 18.4 Å². The standard InChI is InChI=1S/C25H35ClN2O/c26-11-10-22-17-12-24(19-4-2-1-3-5-19)13-18(22)15-25(14-17,16-24)23(29)28-21-8-6-20(27)7-9-21/h1-5,17-18,20-22H,6-16,27H2,(H,28,29). The Labute approximate surface area is 180 Å². The van der Waals surface area contributed by atoms with Crippen molar-refractivity contribution in [1.29, 1.82) is 0 Å². The smallest absolute Gasteiger partial charge is 0.226 e. The summed E-state index contributed by atoms with van der Waals surface area (Å²) < 4.78 is 0. The van der Waals surface area contributed by atoms with E-state index < -0.39 is 0 Å². The highest BCUT2D eigenvalue weighted by atomic mass is 35.5. The van der Waals surface area contributed by atoms with Gasteiger partial charge in [0.25, 0.3) is 0 Å². The zero-order valence-corrected chi connectivity index (χ0v) is 18.2. The first-order valence-electron chi connectivity index (χ1n) is 11.7. The van der Waals surface area contributed by atoms with Gasteiger partial charge in [0.1, 0.15) is 0 Å². The van der Waals surface area contributed by atoms with Crippen molar-refractivity contribution in [2.75, 3.05) is 5.88 Å². The summed E-state index contributed by atoms with van der Waals surface area (Å²) in [7, 11) is 0. The first-order chi connectivity index (χ1) is 14.0. The number of benzene rings is 1.